The topological polar surface area (TPSA) is 57.6 Å². The molecule has 4 nitrogen and oxygen atoms in total. The summed E-state index contributed by atoms with van der Waals surface area (Å²) in [6.45, 7) is 0.490. The van der Waals surface area contributed by atoms with E-state index >= 15 is 0 Å². The van der Waals surface area contributed by atoms with Crippen LogP contribution in [0.25, 0.3) is 0 Å². The Morgan fingerprint density at radius 3 is 2.90 bits per heavy atom. The third-order valence-corrected chi connectivity index (χ3v) is 5.44. The fourth-order valence-electron chi connectivity index (χ4n) is 1.89. The van der Waals surface area contributed by atoms with Gasteiger partial charge >= 0.3 is 5.97 Å². The summed E-state index contributed by atoms with van der Waals surface area (Å²) in [7, 11) is 0. The van der Waals surface area contributed by atoms with Gasteiger partial charge in [0.1, 0.15) is 6.04 Å². The van der Waals surface area contributed by atoms with Gasteiger partial charge in [-0.1, -0.05) is 23.7 Å². The lowest BCUT2D eigenvalue weighted by molar-refractivity contribution is -0.148. The molecule has 0 aromatic heterocycles. The molecule has 2 rings (SSSR count). The number of hydrogen-bond acceptors (Lipinski definition) is 4. The average molecular weight is 332 g/mol. The molecule has 0 aliphatic carbocycles. The first-order chi connectivity index (χ1) is 9.59. The molecule has 0 spiro atoms. The minimum absolute atomic E-state index is 0.150. The highest BCUT2D eigenvalue weighted by Crippen LogP contribution is 2.27. The number of halogens is 1. The number of amides is 1. The molecule has 0 saturated carbocycles. The molecule has 1 amide bonds. The highest BCUT2D eigenvalue weighted by atomic mass is 35.5. The smallest absolute Gasteiger partial charge is 0.327 e. The first-order valence-corrected chi connectivity index (χ1v) is 8.59. The zero-order chi connectivity index (χ0) is 14.5. The van der Waals surface area contributed by atoms with Gasteiger partial charge in [0, 0.05) is 22.9 Å². The lowest BCUT2D eigenvalue weighted by Crippen LogP contribution is -2.50. The summed E-state index contributed by atoms with van der Waals surface area (Å²) in [5.41, 5.74) is 0. The molecule has 1 fully saturated rings. The van der Waals surface area contributed by atoms with Gasteiger partial charge in [-0.25, -0.2) is 4.79 Å². The van der Waals surface area contributed by atoms with Gasteiger partial charge in [-0.15, -0.1) is 11.8 Å². The Morgan fingerprint density at radius 2 is 2.20 bits per heavy atom. The van der Waals surface area contributed by atoms with Crippen LogP contribution in [0, 0.1) is 0 Å². The fourth-order valence-corrected chi connectivity index (χ4v) is 4.05. The van der Waals surface area contributed by atoms with Crippen LogP contribution in [0.4, 0.5) is 0 Å². The van der Waals surface area contributed by atoms with Crippen molar-refractivity contribution in [3.8, 4) is 0 Å². The second-order valence-corrected chi connectivity index (χ2v) is 6.81. The second kappa shape index (κ2) is 7.24. The Labute approximate surface area is 130 Å². The summed E-state index contributed by atoms with van der Waals surface area (Å²) in [6.07, 6.45) is 0. The summed E-state index contributed by atoms with van der Waals surface area (Å²) < 4.78 is 0. The molecule has 1 aliphatic heterocycles. The van der Waals surface area contributed by atoms with Gasteiger partial charge < -0.3 is 10.0 Å². The van der Waals surface area contributed by atoms with Crippen LogP contribution in [0.3, 0.4) is 0 Å². The van der Waals surface area contributed by atoms with Crippen LogP contribution in [0.1, 0.15) is 0 Å². The number of carboxylic acids is 1. The second-order valence-electron chi connectivity index (χ2n) is 4.24. The lowest BCUT2D eigenvalue weighted by atomic mass is 10.2. The minimum Gasteiger partial charge on any atom is -0.480 e. The Morgan fingerprint density at radius 1 is 1.45 bits per heavy atom. The van der Waals surface area contributed by atoms with Crippen molar-refractivity contribution in [1.82, 2.24) is 4.90 Å². The lowest BCUT2D eigenvalue weighted by Gasteiger charge is -2.32. The zero-order valence-electron chi connectivity index (χ0n) is 10.6. The predicted molar refractivity (Wildman–Crippen MR) is 82.6 cm³/mol. The van der Waals surface area contributed by atoms with Crippen LogP contribution in [0.2, 0.25) is 5.02 Å². The molecular weight excluding hydrogens is 318 g/mol. The molecule has 1 aromatic carbocycles. The van der Waals surface area contributed by atoms with Crippen molar-refractivity contribution >= 4 is 47.0 Å². The number of nitrogens with zero attached hydrogens (tertiary/aromatic N) is 1. The summed E-state index contributed by atoms with van der Waals surface area (Å²) in [5, 5.41) is 9.76. The van der Waals surface area contributed by atoms with Gasteiger partial charge in [0.05, 0.1) is 10.8 Å². The summed E-state index contributed by atoms with van der Waals surface area (Å²) in [4.78, 5) is 25.6. The van der Waals surface area contributed by atoms with Crippen LogP contribution < -0.4 is 0 Å². The number of carboxylic acid groups (broad SMARTS) is 1. The van der Waals surface area contributed by atoms with E-state index < -0.39 is 12.0 Å². The molecule has 0 radical (unpaired) electrons. The van der Waals surface area contributed by atoms with Crippen molar-refractivity contribution in [3.05, 3.63) is 29.3 Å². The van der Waals surface area contributed by atoms with E-state index in [1.807, 2.05) is 18.2 Å². The third kappa shape index (κ3) is 3.84. The van der Waals surface area contributed by atoms with Gasteiger partial charge in [-0.05, 0) is 12.1 Å². The molecule has 1 N–H and O–H groups in total. The zero-order valence-corrected chi connectivity index (χ0v) is 13.0. The van der Waals surface area contributed by atoms with E-state index in [0.29, 0.717) is 17.3 Å². The Kier molecular flexibility index (Phi) is 5.63. The predicted octanol–water partition coefficient (Wildman–Crippen LogP) is 2.46. The van der Waals surface area contributed by atoms with E-state index in [0.717, 1.165) is 10.6 Å². The highest BCUT2D eigenvalue weighted by molar-refractivity contribution is 8.00. The number of carbonyl (C=O) groups excluding carboxylic acids is 1. The SMILES string of the molecule is O=C(O)C1CSCCN1C(=O)CSc1ccccc1Cl. The number of benzene rings is 1. The van der Waals surface area contributed by atoms with Crippen LogP contribution in [0.5, 0.6) is 0 Å². The minimum atomic E-state index is -0.937. The number of aliphatic carboxylic acids is 1. The molecular formula is C13H14ClNO3S2. The molecule has 7 heteroatoms. The van der Waals surface area contributed by atoms with E-state index in [1.54, 1.807) is 17.8 Å². The largest absolute Gasteiger partial charge is 0.480 e. The van der Waals surface area contributed by atoms with E-state index in [1.165, 1.54) is 16.7 Å². The molecule has 1 aliphatic rings. The van der Waals surface area contributed by atoms with E-state index in [9.17, 15) is 9.59 Å². The normalized spacial score (nSPS) is 18.9. The summed E-state index contributed by atoms with van der Waals surface area (Å²) in [6, 6.07) is 6.59. The first-order valence-electron chi connectivity index (χ1n) is 6.07. The fraction of sp³-hybridized carbons (Fsp3) is 0.385. The molecule has 108 valence electrons. The molecule has 0 bridgehead atoms. The van der Waals surface area contributed by atoms with Gasteiger partial charge in [0.25, 0.3) is 0 Å². The van der Waals surface area contributed by atoms with Gasteiger partial charge in [-0.3, -0.25) is 4.79 Å². The average Bonchev–Trinajstić information content (AvgIpc) is 2.46. The van der Waals surface area contributed by atoms with Crippen LogP contribution >= 0.6 is 35.1 Å². The van der Waals surface area contributed by atoms with Crippen LogP contribution in [0.15, 0.2) is 29.2 Å². The van der Waals surface area contributed by atoms with Crippen molar-refractivity contribution in [1.29, 1.82) is 0 Å². The standard InChI is InChI=1S/C13H14ClNO3S2/c14-9-3-1-2-4-11(9)20-8-12(16)15-5-6-19-7-10(15)13(17)18/h1-4,10H,5-8H2,(H,17,18). The van der Waals surface area contributed by atoms with Crippen molar-refractivity contribution < 1.29 is 14.7 Å². The summed E-state index contributed by atoms with van der Waals surface area (Å²) in [5.74, 6) is 0.360. The number of carbonyl (C=O) groups is 2. The Hall–Kier alpha value is -0.850. The highest BCUT2D eigenvalue weighted by Gasteiger charge is 2.32. The molecule has 1 unspecified atom stereocenters. The van der Waals surface area contributed by atoms with Crippen LogP contribution in [-0.4, -0.2) is 51.7 Å². The molecule has 1 saturated heterocycles. The van der Waals surface area contributed by atoms with Crippen molar-refractivity contribution in [3.63, 3.8) is 0 Å². The van der Waals surface area contributed by atoms with Gasteiger partial charge in [0.2, 0.25) is 5.91 Å². The first kappa shape index (κ1) is 15.5. The number of rotatable bonds is 4. The number of hydrogen-bond donors (Lipinski definition) is 1. The maximum Gasteiger partial charge on any atom is 0.327 e. The quantitative estimate of drug-likeness (QED) is 0.859. The van der Waals surface area contributed by atoms with Crippen molar-refractivity contribution in [2.45, 2.75) is 10.9 Å². The molecule has 1 atom stereocenters. The summed E-state index contributed by atoms with van der Waals surface area (Å²) >= 11 is 8.94. The van der Waals surface area contributed by atoms with E-state index in [4.69, 9.17) is 16.7 Å². The van der Waals surface area contributed by atoms with Gasteiger partial charge in [-0.2, -0.15) is 11.8 Å². The molecule has 1 heterocycles. The van der Waals surface area contributed by atoms with Crippen molar-refractivity contribution in [2.75, 3.05) is 23.8 Å². The Bertz CT molecular complexity index is 512. The maximum absolute atomic E-state index is 12.2. The van der Waals surface area contributed by atoms with E-state index in [2.05, 4.69) is 0 Å². The molecule has 20 heavy (non-hydrogen) atoms. The van der Waals surface area contributed by atoms with E-state index in [-0.39, 0.29) is 11.7 Å². The Balaban J connectivity index is 1.97. The van der Waals surface area contributed by atoms with Gasteiger partial charge in [0.15, 0.2) is 0 Å². The molecule has 1 aromatic rings. The number of thioether (sulfide) groups is 2. The third-order valence-electron chi connectivity index (χ3n) is 2.92. The van der Waals surface area contributed by atoms with Crippen molar-refractivity contribution in [2.24, 2.45) is 0 Å². The maximum atomic E-state index is 12.2. The van der Waals surface area contributed by atoms with Crippen LogP contribution in [-0.2, 0) is 9.59 Å². The monoisotopic (exact) mass is 331 g/mol.